The Kier molecular flexibility index (Phi) is 4.50. The fourth-order valence-electron chi connectivity index (χ4n) is 4.19. The molecular weight excluding hydrogens is 402 g/mol. The SMILES string of the molecule is Cn1ccc(-c2ccc3c(c2)nc(Nc2ccc(N4CCOCC4)cc2)c2nccn23)n1. The molecule has 4 heterocycles. The summed E-state index contributed by atoms with van der Waals surface area (Å²) in [5, 5.41) is 7.98. The summed E-state index contributed by atoms with van der Waals surface area (Å²) in [5.41, 5.74) is 6.81. The van der Waals surface area contributed by atoms with Gasteiger partial charge in [-0.2, -0.15) is 5.10 Å². The van der Waals surface area contributed by atoms with Crippen LogP contribution in [0.3, 0.4) is 0 Å². The third-order valence-corrected chi connectivity index (χ3v) is 5.84. The molecule has 6 rings (SSSR count). The number of hydrogen-bond donors (Lipinski definition) is 1. The van der Waals surface area contributed by atoms with Gasteiger partial charge in [-0.15, -0.1) is 0 Å². The zero-order valence-electron chi connectivity index (χ0n) is 17.8. The zero-order chi connectivity index (χ0) is 21.5. The van der Waals surface area contributed by atoms with E-state index < -0.39 is 0 Å². The second kappa shape index (κ2) is 7.65. The summed E-state index contributed by atoms with van der Waals surface area (Å²) in [6, 6.07) is 16.7. The molecule has 32 heavy (non-hydrogen) atoms. The van der Waals surface area contributed by atoms with Gasteiger partial charge in [0.05, 0.1) is 29.9 Å². The first-order valence-electron chi connectivity index (χ1n) is 10.7. The smallest absolute Gasteiger partial charge is 0.180 e. The molecule has 0 saturated carbocycles. The van der Waals surface area contributed by atoms with Crippen molar-refractivity contribution in [1.29, 1.82) is 0 Å². The van der Waals surface area contributed by atoms with Crippen LogP contribution in [0.25, 0.3) is 27.9 Å². The van der Waals surface area contributed by atoms with Crippen LogP contribution < -0.4 is 10.2 Å². The molecule has 1 fully saturated rings. The van der Waals surface area contributed by atoms with E-state index in [9.17, 15) is 0 Å². The third kappa shape index (κ3) is 3.34. The van der Waals surface area contributed by atoms with Crippen LogP contribution in [0.1, 0.15) is 0 Å². The molecule has 160 valence electrons. The van der Waals surface area contributed by atoms with Crippen molar-refractivity contribution in [3.05, 3.63) is 67.1 Å². The maximum Gasteiger partial charge on any atom is 0.180 e. The van der Waals surface area contributed by atoms with E-state index in [1.807, 2.05) is 25.5 Å². The van der Waals surface area contributed by atoms with Gasteiger partial charge in [-0.1, -0.05) is 6.07 Å². The van der Waals surface area contributed by atoms with Crippen LogP contribution in [0.5, 0.6) is 0 Å². The summed E-state index contributed by atoms with van der Waals surface area (Å²) >= 11 is 0. The largest absolute Gasteiger partial charge is 0.378 e. The molecule has 0 spiro atoms. The van der Waals surface area contributed by atoms with Gasteiger partial charge in [-0.25, -0.2) is 9.97 Å². The van der Waals surface area contributed by atoms with Gasteiger partial charge in [-0.05, 0) is 42.5 Å². The van der Waals surface area contributed by atoms with E-state index in [4.69, 9.17) is 9.72 Å². The van der Waals surface area contributed by atoms with Gasteiger partial charge in [-0.3, -0.25) is 9.08 Å². The topological polar surface area (TPSA) is 72.5 Å². The second-order valence-electron chi connectivity index (χ2n) is 7.93. The van der Waals surface area contributed by atoms with E-state index in [0.29, 0.717) is 0 Å². The molecule has 0 bridgehead atoms. The van der Waals surface area contributed by atoms with Crippen molar-refractivity contribution in [1.82, 2.24) is 24.1 Å². The van der Waals surface area contributed by atoms with Crippen molar-refractivity contribution in [2.45, 2.75) is 0 Å². The summed E-state index contributed by atoms with van der Waals surface area (Å²) < 4.78 is 9.32. The molecular formula is C24H23N7O. The third-order valence-electron chi connectivity index (χ3n) is 5.84. The molecule has 0 aliphatic carbocycles. The number of hydrogen-bond acceptors (Lipinski definition) is 6. The molecule has 2 aromatic carbocycles. The van der Waals surface area contributed by atoms with Gasteiger partial charge >= 0.3 is 0 Å². The minimum absolute atomic E-state index is 0.722. The van der Waals surface area contributed by atoms with Crippen LogP contribution >= 0.6 is 0 Å². The molecule has 1 saturated heterocycles. The predicted octanol–water partition coefficient (Wildman–Crippen LogP) is 3.86. The highest BCUT2D eigenvalue weighted by molar-refractivity contribution is 5.87. The first kappa shape index (κ1) is 18.8. The molecule has 1 aliphatic heterocycles. The van der Waals surface area contributed by atoms with Gasteiger partial charge in [0.25, 0.3) is 0 Å². The first-order chi connectivity index (χ1) is 15.7. The summed E-state index contributed by atoms with van der Waals surface area (Å²) in [7, 11) is 1.92. The van der Waals surface area contributed by atoms with Crippen LogP contribution in [-0.4, -0.2) is 50.5 Å². The Balaban J connectivity index is 1.36. The molecule has 5 aromatic rings. The minimum Gasteiger partial charge on any atom is -0.378 e. The Hall–Kier alpha value is -3.91. The summed E-state index contributed by atoms with van der Waals surface area (Å²) in [5.74, 6) is 0.722. The quantitative estimate of drug-likeness (QED) is 0.471. The highest BCUT2D eigenvalue weighted by atomic mass is 16.5. The lowest BCUT2D eigenvalue weighted by molar-refractivity contribution is 0.122. The number of nitrogens with one attached hydrogen (secondary N) is 1. The summed E-state index contributed by atoms with van der Waals surface area (Å²) in [6.07, 6.45) is 5.71. The van der Waals surface area contributed by atoms with E-state index in [0.717, 1.165) is 65.7 Å². The van der Waals surface area contributed by atoms with Crippen molar-refractivity contribution < 1.29 is 4.74 Å². The first-order valence-corrected chi connectivity index (χ1v) is 10.7. The Bertz CT molecular complexity index is 1400. The van der Waals surface area contributed by atoms with Gasteiger partial charge in [0.1, 0.15) is 0 Å². The molecule has 0 amide bonds. The number of fused-ring (bicyclic) bond motifs is 3. The normalized spacial score (nSPS) is 14.3. The average Bonchev–Trinajstić information content (AvgIpc) is 3.50. The Labute approximate surface area is 185 Å². The van der Waals surface area contributed by atoms with Crippen LogP contribution in [0, 0.1) is 0 Å². The number of aromatic nitrogens is 5. The number of anilines is 3. The monoisotopic (exact) mass is 425 g/mol. The zero-order valence-corrected chi connectivity index (χ0v) is 17.8. The van der Waals surface area contributed by atoms with Crippen molar-refractivity contribution in [2.24, 2.45) is 7.05 Å². The van der Waals surface area contributed by atoms with Crippen LogP contribution in [0.4, 0.5) is 17.2 Å². The fourth-order valence-corrected chi connectivity index (χ4v) is 4.19. The lowest BCUT2D eigenvalue weighted by atomic mass is 10.1. The lowest BCUT2D eigenvalue weighted by Crippen LogP contribution is -2.36. The van der Waals surface area contributed by atoms with E-state index in [2.05, 4.69) is 67.2 Å². The van der Waals surface area contributed by atoms with Crippen LogP contribution in [0.15, 0.2) is 67.1 Å². The van der Waals surface area contributed by atoms with Crippen molar-refractivity contribution in [2.75, 3.05) is 36.5 Å². The Morgan fingerprint density at radius 3 is 2.59 bits per heavy atom. The van der Waals surface area contributed by atoms with Crippen LogP contribution in [0.2, 0.25) is 0 Å². The molecule has 0 atom stereocenters. The van der Waals surface area contributed by atoms with Gasteiger partial charge in [0, 0.05) is 55.7 Å². The van der Waals surface area contributed by atoms with Crippen molar-refractivity contribution in [3.8, 4) is 11.3 Å². The highest BCUT2D eigenvalue weighted by Crippen LogP contribution is 2.28. The maximum absolute atomic E-state index is 5.45. The standard InChI is InChI=1S/C24H23N7O/c1-29-10-8-20(28-29)17-2-7-22-21(16-17)27-23(24-25-9-11-31(22)24)26-18-3-5-19(6-4-18)30-12-14-32-15-13-30/h2-11,16H,12-15H2,1H3,(H,26,27). The fraction of sp³-hybridized carbons (Fsp3) is 0.208. The van der Waals surface area contributed by atoms with Gasteiger partial charge in [0.15, 0.2) is 11.5 Å². The number of aryl methyl sites for hydroxylation is 1. The van der Waals surface area contributed by atoms with Crippen molar-refractivity contribution in [3.63, 3.8) is 0 Å². The predicted molar refractivity (Wildman–Crippen MR) is 125 cm³/mol. The number of morpholine rings is 1. The number of nitrogens with zero attached hydrogens (tertiary/aromatic N) is 6. The van der Waals surface area contributed by atoms with Gasteiger partial charge < -0.3 is 15.0 Å². The molecule has 3 aromatic heterocycles. The maximum atomic E-state index is 5.45. The summed E-state index contributed by atoms with van der Waals surface area (Å²) in [4.78, 5) is 11.8. The number of imidazole rings is 1. The number of benzene rings is 2. The molecule has 8 nitrogen and oxygen atoms in total. The number of rotatable bonds is 4. The lowest BCUT2D eigenvalue weighted by Gasteiger charge is -2.28. The molecule has 8 heteroatoms. The van der Waals surface area contributed by atoms with Gasteiger partial charge in [0.2, 0.25) is 0 Å². The van der Waals surface area contributed by atoms with E-state index >= 15 is 0 Å². The van der Waals surface area contributed by atoms with Crippen molar-refractivity contribution >= 4 is 33.9 Å². The Morgan fingerprint density at radius 2 is 1.81 bits per heavy atom. The van der Waals surface area contributed by atoms with Crippen LogP contribution in [-0.2, 0) is 11.8 Å². The Morgan fingerprint density at radius 1 is 0.969 bits per heavy atom. The minimum atomic E-state index is 0.722. The van der Waals surface area contributed by atoms with E-state index in [1.54, 1.807) is 10.9 Å². The van der Waals surface area contributed by atoms with E-state index in [-0.39, 0.29) is 0 Å². The average molecular weight is 425 g/mol. The number of ether oxygens (including phenoxy) is 1. The highest BCUT2D eigenvalue weighted by Gasteiger charge is 2.13. The molecule has 1 N–H and O–H groups in total. The summed E-state index contributed by atoms with van der Waals surface area (Å²) in [6.45, 7) is 3.40. The molecule has 0 unspecified atom stereocenters. The molecule has 1 aliphatic rings. The second-order valence-corrected chi connectivity index (χ2v) is 7.93. The van der Waals surface area contributed by atoms with E-state index in [1.165, 1.54) is 5.69 Å². The molecule has 0 radical (unpaired) electrons.